The van der Waals surface area contributed by atoms with Crippen LogP contribution in [0.1, 0.15) is 32.0 Å². The lowest BCUT2D eigenvalue weighted by atomic mass is 10.0. The quantitative estimate of drug-likeness (QED) is 0.616. The van der Waals surface area contributed by atoms with E-state index in [-0.39, 0.29) is 18.4 Å². The highest BCUT2D eigenvalue weighted by atomic mass is 16.4. The third-order valence-corrected chi connectivity index (χ3v) is 3.05. The van der Waals surface area contributed by atoms with Crippen LogP contribution in [0.15, 0.2) is 6.33 Å². The Kier molecular flexibility index (Phi) is 7.20. The number of nitrogens with one attached hydrogen (secondary N) is 2. The number of hydrogen-bond donors (Lipinski definition) is 3. The van der Waals surface area contributed by atoms with Gasteiger partial charge in [0.25, 0.3) is 0 Å². The van der Waals surface area contributed by atoms with Crippen LogP contribution in [-0.4, -0.2) is 45.0 Å². The molecule has 0 saturated heterocycles. The Balaban J connectivity index is 2.04. The predicted octanol–water partition coefficient (Wildman–Crippen LogP) is 0.548. The molecular formula is C13H23N5O3. The topological polar surface area (TPSA) is 109 Å². The summed E-state index contributed by atoms with van der Waals surface area (Å²) in [5.74, 6) is 0.190. The zero-order valence-corrected chi connectivity index (χ0v) is 12.5. The molecule has 0 aromatic carbocycles. The predicted molar refractivity (Wildman–Crippen MR) is 76.8 cm³/mol. The molecule has 0 aliphatic heterocycles. The van der Waals surface area contributed by atoms with Crippen molar-refractivity contribution in [3.05, 3.63) is 12.2 Å². The van der Waals surface area contributed by atoms with Gasteiger partial charge in [-0.25, -0.2) is 9.78 Å². The van der Waals surface area contributed by atoms with Gasteiger partial charge in [-0.05, 0) is 18.8 Å². The number of aromatic nitrogens is 3. The first-order valence-electron chi connectivity index (χ1n) is 7.05. The van der Waals surface area contributed by atoms with Gasteiger partial charge in [-0.2, -0.15) is 5.10 Å². The number of amides is 2. The lowest BCUT2D eigenvalue weighted by Crippen LogP contribution is -2.37. The summed E-state index contributed by atoms with van der Waals surface area (Å²) in [5.41, 5.74) is 0. The van der Waals surface area contributed by atoms with Crippen molar-refractivity contribution in [3.8, 4) is 0 Å². The lowest BCUT2D eigenvalue weighted by molar-refractivity contribution is -0.137. The molecule has 0 bridgehead atoms. The summed E-state index contributed by atoms with van der Waals surface area (Å²) in [6, 6.07) is -0.226. The fourth-order valence-corrected chi connectivity index (χ4v) is 1.80. The molecule has 1 unspecified atom stereocenters. The van der Waals surface area contributed by atoms with Crippen molar-refractivity contribution in [2.75, 3.05) is 13.1 Å². The van der Waals surface area contributed by atoms with E-state index in [0.29, 0.717) is 31.8 Å². The average molecular weight is 297 g/mol. The minimum Gasteiger partial charge on any atom is -0.481 e. The number of nitrogens with zero attached hydrogens (tertiary/aromatic N) is 3. The molecule has 3 N–H and O–H groups in total. The highest BCUT2D eigenvalue weighted by Crippen LogP contribution is 2.08. The summed E-state index contributed by atoms with van der Waals surface area (Å²) in [5, 5.41) is 18.2. The van der Waals surface area contributed by atoms with Crippen LogP contribution in [0.5, 0.6) is 0 Å². The van der Waals surface area contributed by atoms with E-state index in [1.165, 1.54) is 0 Å². The van der Waals surface area contributed by atoms with E-state index in [1.54, 1.807) is 18.1 Å². The smallest absolute Gasteiger partial charge is 0.314 e. The van der Waals surface area contributed by atoms with E-state index in [9.17, 15) is 9.59 Å². The number of hydrogen-bond acceptors (Lipinski definition) is 4. The summed E-state index contributed by atoms with van der Waals surface area (Å²) >= 11 is 0. The summed E-state index contributed by atoms with van der Waals surface area (Å²) in [6.45, 7) is 2.99. The van der Waals surface area contributed by atoms with Gasteiger partial charge in [0.2, 0.25) is 0 Å². The minimum absolute atomic E-state index is 0.171. The number of carboxylic acid groups (broad SMARTS) is 1. The van der Waals surface area contributed by atoms with Gasteiger partial charge in [0.05, 0.1) is 0 Å². The standard InChI is InChI=1S/C13H23N5O3/c1-10(3-4-12(19)20)5-7-14-13(21)15-8-6-11-16-9-18(2)17-11/h9-10H,3-8H2,1-2H3,(H,19,20)(H2,14,15,21). The molecule has 0 spiro atoms. The molecule has 1 atom stereocenters. The Morgan fingerprint density at radius 2 is 2.05 bits per heavy atom. The van der Waals surface area contributed by atoms with Crippen molar-refractivity contribution in [2.24, 2.45) is 13.0 Å². The van der Waals surface area contributed by atoms with Crippen LogP contribution in [0.2, 0.25) is 0 Å². The summed E-state index contributed by atoms with van der Waals surface area (Å²) < 4.78 is 1.62. The summed E-state index contributed by atoms with van der Waals surface area (Å²) in [4.78, 5) is 26.0. The molecule has 0 fully saturated rings. The number of carbonyl (C=O) groups is 2. The first kappa shape index (κ1) is 16.9. The van der Waals surface area contributed by atoms with Gasteiger partial charge in [0, 0.05) is 33.0 Å². The molecule has 8 heteroatoms. The maximum Gasteiger partial charge on any atom is 0.314 e. The maximum absolute atomic E-state index is 11.5. The third kappa shape index (κ3) is 7.91. The van der Waals surface area contributed by atoms with Crippen LogP contribution < -0.4 is 10.6 Å². The lowest BCUT2D eigenvalue weighted by Gasteiger charge is -2.11. The second-order valence-electron chi connectivity index (χ2n) is 5.09. The van der Waals surface area contributed by atoms with Gasteiger partial charge in [-0.3, -0.25) is 9.48 Å². The molecule has 1 aromatic rings. The van der Waals surface area contributed by atoms with Crippen molar-refractivity contribution < 1.29 is 14.7 Å². The monoisotopic (exact) mass is 297 g/mol. The fourth-order valence-electron chi connectivity index (χ4n) is 1.80. The molecule has 21 heavy (non-hydrogen) atoms. The van der Waals surface area contributed by atoms with E-state index in [1.807, 2.05) is 6.92 Å². The number of carboxylic acids is 1. The molecule has 8 nitrogen and oxygen atoms in total. The van der Waals surface area contributed by atoms with Crippen LogP contribution in [-0.2, 0) is 18.3 Å². The van der Waals surface area contributed by atoms with E-state index in [4.69, 9.17) is 5.11 Å². The van der Waals surface area contributed by atoms with Crippen molar-refractivity contribution >= 4 is 12.0 Å². The van der Waals surface area contributed by atoms with Crippen molar-refractivity contribution in [2.45, 2.75) is 32.6 Å². The molecule has 2 amide bonds. The van der Waals surface area contributed by atoms with Gasteiger partial charge in [-0.1, -0.05) is 6.92 Å². The van der Waals surface area contributed by atoms with Crippen molar-refractivity contribution in [3.63, 3.8) is 0 Å². The van der Waals surface area contributed by atoms with Crippen LogP contribution in [0.25, 0.3) is 0 Å². The Bertz CT molecular complexity index is 460. The van der Waals surface area contributed by atoms with Crippen LogP contribution in [0.4, 0.5) is 4.79 Å². The Morgan fingerprint density at radius 1 is 1.33 bits per heavy atom. The zero-order valence-electron chi connectivity index (χ0n) is 12.5. The van der Waals surface area contributed by atoms with E-state index in [2.05, 4.69) is 20.7 Å². The minimum atomic E-state index is -0.782. The number of aryl methyl sites for hydroxylation is 1. The third-order valence-electron chi connectivity index (χ3n) is 3.05. The first-order valence-corrected chi connectivity index (χ1v) is 7.05. The highest BCUT2D eigenvalue weighted by molar-refractivity contribution is 5.73. The Morgan fingerprint density at radius 3 is 2.67 bits per heavy atom. The molecule has 0 aliphatic carbocycles. The van der Waals surface area contributed by atoms with Crippen molar-refractivity contribution in [1.82, 2.24) is 25.4 Å². The molecule has 118 valence electrons. The number of urea groups is 1. The molecular weight excluding hydrogens is 274 g/mol. The molecule has 0 radical (unpaired) electrons. The molecule has 0 aliphatic rings. The van der Waals surface area contributed by atoms with Gasteiger partial charge < -0.3 is 15.7 Å². The second-order valence-corrected chi connectivity index (χ2v) is 5.09. The van der Waals surface area contributed by atoms with Crippen LogP contribution >= 0.6 is 0 Å². The maximum atomic E-state index is 11.5. The van der Waals surface area contributed by atoms with Crippen LogP contribution in [0.3, 0.4) is 0 Å². The van der Waals surface area contributed by atoms with Gasteiger partial charge >= 0.3 is 12.0 Å². The summed E-state index contributed by atoms with van der Waals surface area (Å²) in [7, 11) is 1.79. The van der Waals surface area contributed by atoms with Crippen LogP contribution in [0, 0.1) is 5.92 Å². The number of rotatable bonds is 9. The Hall–Kier alpha value is -2.12. The average Bonchev–Trinajstić information content (AvgIpc) is 2.82. The van der Waals surface area contributed by atoms with Gasteiger partial charge in [0.15, 0.2) is 5.82 Å². The number of carbonyl (C=O) groups excluding carboxylic acids is 1. The van der Waals surface area contributed by atoms with Gasteiger partial charge in [0.1, 0.15) is 6.33 Å². The van der Waals surface area contributed by atoms with E-state index >= 15 is 0 Å². The Labute approximate surface area is 123 Å². The molecule has 1 heterocycles. The zero-order chi connectivity index (χ0) is 15.7. The number of aliphatic carboxylic acids is 1. The van der Waals surface area contributed by atoms with Crippen molar-refractivity contribution in [1.29, 1.82) is 0 Å². The highest BCUT2D eigenvalue weighted by Gasteiger charge is 2.07. The molecule has 1 aromatic heterocycles. The largest absolute Gasteiger partial charge is 0.481 e. The first-order chi connectivity index (χ1) is 9.97. The fraction of sp³-hybridized carbons (Fsp3) is 0.692. The van der Waals surface area contributed by atoms with Gasteiger partial charge in [-0.15, -0.1) is 0 Å². The summed E-state index contributed by atoms with van der Waals surface area (Å²) in [6.07, 6.45) is 3.77. The molecule has 0 saturated carbocycles. The molecule has 1 rings (SSSR count). The second kappa shape index (κ2) is 8.93. The van der Waals surface area contributed by atoms with E-state index in [0.717, 1.165) is 6.42 Å². The SMILES string of the molecule is CC(CCNC(=O)NCCc1ncn(C)n1)CCC(=O)O. The van der Waals surface area contributed by atoms with E-state index < -0.39 is 5.97 Å². The normalized spacial score (nSPS) is 11.9.